The highest BCUT2D eigenvalue weighted by Gasteiger charge is 2.49. The van der Waals surface area contributed by atoms with Crippen molar-refractivity contribution in [3.05, 3.63) is 0 Å². The molecule has 0 rings (SSSR count). The van der Waals surface area contributed by atoms with Crippen LogP contribution in [0.1, 0.15) is 0 Å². The molecular weight excluding hydrogens is 350 g/mol. The normalized spacial score (nSPS) is 15.4. The third kappa shape index (κ3) is 4.72. The standard InChI is InChI=1S/C4H4F6N2O4S3/c1-17-2(11-18(13,14)3(5,6)7)12-19(15,16)4(8,9)10/h1H3,(H,11,12). The third-order valence-corrected chi connectivity index (χ3v) is 4.12. The van der Waals surface area contributed by atoms with Crippen LogP contribution in [0.25, 0.3) is 0 Å². The van der Waals surface area contributed by atoms with Gasteiger partial charge in [0.25, 0.3) is 0 Å². The topological polar surface area (TPSA) is 92.7 Å². The summed E-state index contributed by atoms with van der Waals surface area (Å²) in [6.45, 7) is 0. The summed E-state index contributed by atoms with van der Waals surface area (Å²) >= 11 is -0.0636. The van der Waals surface area contributed by atoms with Crippen molar-refractivity contribution in [1.82, 2.24) is 4.72 Å². The van der Waals surface area contributed by atoms with Crippen LogP contribution in [0.4, 0.5) is 26.3 Å². The highest BCUT2D eigenvalue weighted by Crippen LogP contribution is 2.26. The van der Waals surface area contributed by atoms with Crippen molar-refractivity contribution in [3.8, 4) is 0 Å². The highest BCUT2D eigenvalue weighted by atomic mass is 32.2. The summed E-state index contributed by atoms with van der Waals surface area (Å²) < 4.78 is 116. The molecule has 19 heavy (non-hydrogen) atoms. The molecule has 0 bridgehead atoms. The smallest absolute Gasteiger partial charge is 0.254 e. The minimum Gasteiger partial charge on any atom is -0.254 e. The van der Waals surface area contributed by atoms with Gasteiger partial charge >= 0.3 is 31.1 Å². The second-order valence-corrected chi connectivity index (χ2v) is 6.64. The molecule has 0 aromatic heterocycles. The molecule has 0 aliphatic heterocycles. The van der Waals surface area contributed by atoms with Gasteiger partial charge in [0.05, 0.1) is 0 Å². The van der Waals surface area contributed by atoms with Gasteiger partial charge in [0.15, 0.2) is 5.17 Å². The maximum atomic E-state index is 11.9. The van der Waals surface area contributed by atoms with Gasteiger partial charge in [0.1, 0.15) is 0 Å². The van der Waals surface area contributed by atoms with Crippen LogP contribution in [0.3, 0.4) is 0 Å². The van der Waals surface area contributed by atoms with Crippen LogP contribution in [0.5, 0.6) is 0 Å². The van der Waals surface area contributed by atoms with Crippen molar-refractivity contribution in [3.63, 3.8) is 0 Å². The summed E-state index contributed by atoms with van der Waals surface area (Å²) in [6.07, 6.45) is 0.823. The Hall–Kier alpha value is -0.700. The fraction of sp³-hybridized carbons (Fsp3) is 0.750. The number of halogens is 6. The minimum atomic E-state index is -6.15. The van der Waals surface area contributed by atoms with Crippen LogP contribution >= 0.6 is 11.8 Å². The average molecular weight is 354 g/mol. The van der Waals surface area contributed by atoms with Gasteiger partial charge in [-0.15, -0.1) is 4.40 Å². The molecule has 0 saturated heterocycles. The van der Waals surface area contributed by atoms with Crippen LogP contribution in [0.2, 0.25) is 0 Å². The summed E-state index contributed by atoms with van der Waals surface area (Å²) in [5, 5.41) is -1.59. The van der Waals surface area contributed by atoms with Crippen LogP contribution in [0, 0.1) is 0 Å². The van der Waals surface area contributed by atoms with E-state index in [0.717, 1.165) is 6.26 Å². The number of rotatable bonds is 2. The molecule has 0 aliphatic rings. The van der Waals surface area contributed by atoms with Crippen LogP contribution in [-0.2, 0) is 20.0 Å². The minimum absolute atomic E-state index is 0.0636. The second kappa shape index (κ2) is 5.35. The zero-order chi connectivity index (χ0) is 15.7. The predicted molar refractivity (Wildman–Crippen MR) is 54.0 cm³/mol. The Bertz CT molecular complexity index is 558. The second-order valence-electron chi connectivity index (χ2n) is 2.57. The summed E-state index contributed by atoms with van der Waals surface area (Å²) in [7, 11) is -12.2. The highest BCUT2D eigenvalue weighted by molar-refractivity contribution is 8.15. The summed E-state index contributed by atoms with van der Waals surface area (Å²) in [5.41, 5.74) is -11.7. The van der Waals surface area contributed by atoms with Crippen LogP contribution in [-0.4, -0.2) is 39.3 Å². The molecule has 0 amide bonds. The average Bonchev–Trinajstić information content (AvgIpc) is 2.12. The molecule has 0 spiro atoms. The number of sulfonamides is 2. The van der Waals surface area contributed by atoms with Crippen molar-refractivity contribution in [2.45, 2.75) is 11.0 Å². The van der Waals surface area contributed by atoms with E-state index in [1.54, 1.807) is 0 Å². The summed E-state index contributed by atoms with van der Waals surface area (Å²) in [4.78, 5) is 0. The Labute approximate surface area is 107 Å². The fourth-order valence-corrected chi connectivity index (χ4v) is 2.50. The molecular formula is C4H4F6N2O4S3. The molecule has 0 atom stereocenters. The number of nitrogens with one attached hydrogen (secondary N) is 1. The van der Waals surface area contributed by atoms with E-state index in [1.165, 1.54) is 0 Å². The number of hydrogen-bond acceptors (Lipinski definition) is 5. The van der Waals surface area contributed by atoms with Crippen molar-refractivity contribution in [2.24, 2.45) is 4.40 Å². The van der Waals surface area contributed by atoms with E-state index in [9.17, 15) is 43.2 Å². The molecule has 0 heterocycles. The fourth-order valence-electron chi connectivity index (χ4n) is 0.431. The Morgan fingerprint density at radius 3 is 1.68 bits per heavy atom. The van der Waals surface area contributed by atoms with E-state index in [4.69, 9.17) is 0 Å². The number of alkyl halides is 6. The Balaban J connectivity index is 5.54. The largest absolute Gasteiger partial charge is 0.518 e. The lowest BCUT2D eigenvalue weighted by molar-refractivity contribution is -0.0443. The first kappa shape index (κ1) is 18.3. The lowest BCUT2D eigenvalue weighted by Gasteiger charge is -2.11. The van der Waals surface area contributed by atoms with E-state index in [-0.39, 0.29) is 11.8 Å². The van der Waals surface area contributed by atoms with Gasteiger partial charge in [-0.2, -0.15) is 43.2 Å². The number of nitrogens with zero attached hydrogens (tertiary/aromatic N) is 1. The quantitative estimate of drug-likeness (QED) is 0.454. The van der Waals surface area contributed by atoms with E-state index in [1.807, 2.05) is 4.40 Å². The zero-order valence-electron chi connectivity index (χ0n) is 8.57. The van der Waals surface area contributed by atoms with Gasteiger partial charge in [-0.1, -0.05) is 11.8 Å². The van der Waals surface area contributed by atoms with Crippen molar-refractivity contribution < 1.29 is 43.2 Å². The summed E-state index contributed by atoms with van der Waals surface area (Å²) in [6, 6.07) is 0. The van der Waals surface area contributed by atoms with E-state index >= 15 is 0 Å². The molecule has 0 aromatic carbocycles. The van der Waals surface area contributed by atoms with Crippen molar-refractivity contribution in [2.75, 3.05) is 6.26 Å². The molecule has 0 aromatic rings. The SMILES string of the molecule is CS/C(=N/S(=O)(=O)C(F)(F)F)NS(=O)(=O)C(F)(F)F. The van der Waals surface area contributed by atoms with Gasteiger partial charge in [0, 0.05) is 0 Å². The van der Waals surface area contributed by atoms with Gasteiger partial charge in [-0.25, -0.2) is 0 Å². The molecule has 1 N–H and O–H groups in total. The first-order valence-corrected chi connectivity index (χ1v) is 7.83. The van der Waals surface area contributed by atoms with Gasteiger partial charge in [0.2, 0.25) is 0 Å². The maximum absolute atomic E-state index is 11.9. The first-order valence-electron chi connectivity index (χ1n) is 3.68. The molecule has 0 fully saturated rings. The van der Waals surface area contributed by atoms with Crippen LogP contribution < -0.4 is 4.72 Å². The van der Waals surface area contributed by atoms with Crippen molar-refractivity contribution in [1.29, 1.82) is 0 Å². The lowest BCUT2D eigenvalue weighted by Crippen LogP contribution is -2.39. The molecule has 0 saturated carbocycles. The van der Waals surface area contributed by atoms with Crippen molar-refractivity contribution >= 4 is 37.0 Å². The Morgan fingerprint density at radius 2 is 1.42 bits per heavy atom. The molecule has 6 nitrogen and oxygen atoms in total. The number of hydrogen-bond donors (Lipinski definition) is 1. The summed E-state index contributed by atoms with van der Waals surface area (Å²) in [5.74, 6) is 0. The maximum Gasteiger partial charge on any atom is 0.518 e. The Morgan fingerprint density at radius 1 is 1.00 bits per heavy atom. The van der Waals surface area contributed by atoms with Gasteiger partial charge in [-0.05, 0) is 6.26 Å². The molecule has 0 unspecified atom stereocenters. The molecule has 15 heteroatoms. The zero-order valence-corrected chi connectivity index (χ0v) is 11.0. The van der Waals surface area contributed by atoms with E-state index in [2.05, 4.69) is 0 Å². The molecule has 114 valence electrons. The first-order chi connectivity index (χ1) is 8.14. The monoisotopic (exact) mass is 354 g/mol. The molecule has 0 aliphatic carbocycles. The lowest BCUT2D eigenvalue weighted by atomic mass is 11.4. The van der Waals surface area contributed by atoms with Gasteiger partial charge < -0.3 is 0 Å². The predicted octanol–water partition coefficient (Wildman–Crippen LogP) is 0.994. The Kier molecular flexibility index (Phi) is 5.16. The number of thioether (sulfide) groups is 1. The molecule has 0 radical (unpaired) electrons. The van der Waals surface area contributed by atoms with E-state index in [0.29, 0.717) is 4.72 Å². The third-order valence-electron chi connectivity index (χ3n) is 1.22. The number of amidine groups is 1. The van der Waals surface area contributed by atoms with Crippen LogP contribution in [0.15, 0.2) is 4.40 Å². The van der Waals surface area contributed by atoms with E-state index < -0.39 is 36.2 Å². The van der Waals surface area contributed by atoms with Gasteiger partial charge in [-0.3, -0.25) is 4.72 Å².